The van der Waals surface area contributed by atoms with Crippen LogP contribution >= 0.6 is 11.3 Å². The van der Waals surface area contributed by atoms with Crippen molar-refractivity contribution in [2.45, 2.75) is 19.4 Å². The molecule has 0 saturated carbocycles. The Morgan fingerprint density at radius 2 is 2.14 bits per heavy atom. The zero-order chi connectivity index (χ0) is 14.9. The zero-order valence-electron chi connectivity index (χ0n) is 12.2. The topological polar surface area (TPSA) is 59.9 Å². The Morgan fingerprint density at radius 1 is 1.27 bits per heavy atom. The lowest BCUT2D eigenvalue weighted by Gasteiger charge is -2.13. The fourth-order valence-electron chi connectivity index (χ4n) is 2.60. The minimum Gasteiger partial charge on any atom is -0.472 e. The quantitative estimate of drug-likeness (QED) is 0.806. The summed E-state index contributed by atoms with van der Waals surface area (Å²) in [6.45, 7) is 3.95. The Hall–Kier alpha value is -2.05. The summed E-state index contributed by atoms with van der Waals surface area (Å²) in [6, 6.07) is 3.84. The van der Waals surface area contributed by atoms with Crippen molar-refractivity contribution < 1.29 is 4.74 Å². The third kappa shape index (κ3) is 2.44. The molecule has 1 saturated heterocycles. The number of aromatic nitrogens is 3. The van der Waals surface area contributed by atoms with Crippen molar-refractivity contribution in [2.75, 3.05) is 13.1 Å². The minimum atomic E-state index is 0.186. The number of aryl methyl sites for hydroxylation is 1. The van der Waals surface area contributed by atoms with Gasteiger partial charge in [0.1, 0.15) is 10.8 Å². The molecule has 22 heavy (non-hydrogen) atoms. The standard InChI is InChI=1S/C16H16N4OS/c1-10-9-22-14-13(10)19-15(11-2-5-17-6-3-11)20-16(14)21-12-4-7-18-8-12/h2-3,5-6,9,12,18H,4,7-8H2,1H3/t12-/m1/s1. The molecule has 1 fully saturated rings. The number of thiophene rings is 1. The smallest absolute Gasteiger partial charge is 0.235 e. The van der Waals surface area contributed by atoms with E-state index in [1.165, 1.54) is 0 Å². The molecular formula is C16H16N4OS. The molecule has 0 aliphatic carbocycles. The van der Waals surface area contributed by atoms with E-state index in [1.54, 1.807) is 23.7 Å². The van der Waals surface area contributed by atoms with Crippen LogP contribution in [0, 0.1) is 6.92 Å². The van der Waals surface area contributed by atoms with Gasteiger partial charge in [-0.25, -0.2) is 4.98 Å². The highest BCUT2D eigenvalue weighted by atomic mass is 32.1. The maximum Gasteiger partial charge on any atom is 0.235 e. The average molecular weight is 312 g/mol. The molecule has 5 nitrogen and oxygen atoms in total. The highest BCUT2D eigenvalue weighted by molar-refractivity contribution is 7.17. The first kappa shape index (κ1) is 13.6. The second-order valence-electron chi connectivity index (χ2n) is 5.42. The van der Waals surface area contributed by atoms with Gasteiger partial charge < -0.3 is 10.1 Å². The van der Waals surface area contributed by atoms with Crippen LogP contribution in [0.25, 0.3) is 21.6 Å². The largest absolute Gasteiger partial charge is 0.472 e. The van der Waals surface area contributed by atoms with Crippen molar-refractivity contribution in [3.63, 3.8) is 0 Å². The van der Waals surface area contributed by atoms with Crippen LogP contribution in [0.4, 0.5) is 0 Å². The molecule has 112 valence electrons. The monoisotopic (exact) mass is 312 g/mol. The Labute approximate surface area is 132 Å². The van der Waals surface area contributed by atoms with Gasteiger partial charge in [0, 0.05) is 24.5 Å². The third-order valence-corrected chi connectivity index (χ3v) is 4.87. The van der Waals surface area contributed by atoms with Gasteiger partial charge in [0.25, 0.3) is 0 Å². The summed E-state index contributed by atoms with van der Waals surface area (Å²) < 4.78 is 7.18. The molecule has 0 aromatic carbocycles. The van der Waals surface area contributed by atoms with E-state index in [1.807, 2.05) is 12.1 Å². The lowest BCUT2D eigenvalue weighted by Crippen LogP contribution is -2.20. The van der Waals surface area contributed by atoms with Crippen LogP contribution in [-0.2, 0) is 0 Å². The summed E-state index contributed by atoms with van der Waals surface area (Å²) in [4.78, 5) is 13.4. The van der Waals surface area contributed by atoms with Crippen molar-refractivity contribution in [3.05, 3.63) is 35.5 Å². The maximum absolute atomic E-state index is 6.15. The van der Waals surface area contributed by atoms with Crippen LogP contribution in [0.15, 0.2) is 29.9 Å². The fraction of sp³-hybridized carbons (Fsp3) is 0.312. The average Bonchev–Trinajstić information content (AvgIpc) is 3.19. The van der Waals surface area contributed by atoms with Gasteiger partial charge in [0.05, 0.1) is 5.52 Å². The van der Waals surface area contributed by atoms with Gasteiger partial charge in [0.15, 0.2) is 5.82 Å². The normalized spacial score (nSPS) is 18.0. The number of ether oxygens (including phenoxy) is 1. The molecule has 1 N–H and O–H groups in total. The molecule has 1 aliphatic rings. The van der Waals surface area contributed by atoms with Crippen molar-refractivity contribution in [1.29, 1.82) is 0 Å². The summed E-state index contributed by atoms with van der Waals surface area (Å²) >= 11 is 1.65. The highest BCUT2D eigenvalue weighted by Gasteiger charge is 2.20. The Balaban J connectivity index is 1.82. The molecule has 3 aromatic rings. The van der Waals surface area contributed by atoms with Gasteiger partial charge in [-0.2, -0.15) is 4.98 Å². The molecule has 4 heterocycles. The number of hydrogen-bond donors (Lipinski definition) is 1. The van der Waals surface area contributed by atoms with E-state index in [9.17, 15) is 0 Å². The molecule has 0 radical (unpaired) electrons. The van der Waals surface area contributed by atoms with E-state index >= 15 is 0 Å². The van der Waals surface area contributed by atoms with Crippen molar-refractivity contribution in [2.24, 2.45) is 0 Å². The maximum atomic E-state index is 6.15. The second-order valence-corrected chi connectivity index (χ2v) is 6.30. The van der Waals surface area contributed by atoms with Crippen LogP contribution in [-0.4, -0.2) is 34.1 Å². The van der Waals surface area contributed by atoms with Crippen LogP contribution in [0.2, 0.25) is 0 Å². The second kappa shape index (κ2) is 5.62. The van der Waals surface area contributed by atoms with Crippen LogP contribution in [0.1, 0.15) is 12.0 Å². The SMILES string of the molecule is Cc1csc2c(O[C@@H]3CCNC3)nc(-c3ccncc3)nc12. The third-order valence-electron chi connectivity index (χ3n) is 3.79. The van der Waals surface area contributed by atoms with Crippen LogP contribution in [0.3, 0.4) is 0 Å². The number of nitrogens with zero attached hydrogens (tertiary/aromatic N) is 3. The summed E-state index contributed by atoms with van der Waals surface area (Å²) in [7, 11) is 0. The van der Waals surface area contributed by atoms with Gasteiger partial charge in [0.2, 0.25) is 5.88 Å². The fourth-order valence-corrected chi connectivity index (χ4v) is 3.52. The van der Waals surface area contributed by atoms with Crippen LogP contribution < -0.4 is 10.1 Å². The summed E-state index contributed by atoms with van der Waals surface area (Å²) in [5.74, 6) is 1.39. The Bertz CT molecular complexity index is 797. The van der Waals surface area contributed by atoms with E-state index in [0.29, 0.717) is 11.7 Å². The first-order chi connectivity index (χ1) is 10.8. The molecule has 0 bridgehead atoms. The van der Waals surface area contributed by atoms with Crippen LogP contribution in [0.5, 0.6) is 5.88 Å². The molecule has 1 atom stereocenters. The minimum absolute atomic E-state index is 0.186. The highest BCUT2D eigenvalue weighted by Crippen LogP contribution is 2.34. The summed E-state index contributed by atoms with van der Waals surface area (Å²) in [6.07, 6.45) is 4.71. The van der Waals surface area contributed by atoms with Gasteiger partial charge in [-0.15, -0.1) is 11.3 Å². The van der Waals surface area contributed by atoms with E-state index in [4.69, 9.17) is 9.72 Å². The van der Waals surface area contributed by atoms with Crippen molar-refractivity contribution in [1.82, 2.24) is 20.3 Å². The van der Waals surface area contributed by atoms with E-state index in [2.05, 4.69) is 27.6 Å². The number of nitrogens with one attached hydrogen (secondary N) is 1. The van der Waals surface area contributed by atoms with Gasteiger partial charge in [-0.05, 0) is 43.0 Å². The first-order valence-corrected chi connectivity index (χ1v) is 8.23. The lowest BCUT2D eigenvalue weighted by molar-refractivity contribution is 0.217. The zero-order valence-corrected chi connectivity index (χ0v) is 13.1. The molecule has 1 aliphatic heterocycles. The molecule has 0 spiro atoms. The number of fused-ring (bicyclic) bond motifs is 1. The molecular weight excluding hydrogens is 296 g/mol. The predicted molar refractivity (Wildman–Crippen MR) is 87.3 cm³/mol. The summed E-state index contributed by atoms with van der Waals surface area (Å²) in [5.41, 5.74) is 3.09. The Morgan fingerprint density at radius 3 is 2.91 bits per heavy atom. The molecule has 3 aromatic heterocycles. The summed E-state index contributed by atoms with van der Waals surface area (Å²) in [5, 5.41) is 5.43. The molecule has 0 unspecified atom stereocenters. The Kier molecular flexibility index (Phi) is 3.48. The molecule has 4 rings (SSSR count). The molecule has 6 heteroatoms. The number of rotatable bonds is 3. The van der Waals surface area contributed by atoms with E-state index in [-0.39, 0.29) is 6.10 Å². The van der Waals surface area contributed by atoms with Gasteiger partial charge in [-0.3, -0.25) is 4.98 Å². The van der Waals surface area contributed by atoms with Gasteiger partial charge in [-0.1, -0.05) is 0 Å². The lowest BCUT2D eigenvalue weighted by atomic mass is 10.2. The number of pyridine rings is 1. The molecule has 0 amide bonds. The first-order valence-electron chi connectivity index (χ1n) is 7.35. The number of hydrogen-bond acceptors (Lipinski definition) is 6. The van der Waals surface area contributed by atoms with Crippen molar-refractivity contribution >= 4 is 21.6 Å². The van der Waals surface area contributed by atoms with E-state index in [0.717, 1.165) is 40.9 Å². The predicted octanol–water partition coefficient (Wildman–Crippen LogP) is 2.80. The van der Waals surface area contributed by atoms with Crippen molar-refractivity contribution in [3.8, 4) is 17.3 Å². The van der Waals surface area contributed by atoms with Gasteiger partial charge >= 0.3 is 0 Å². The van der Waals surface area contributed by atoms with E-state index < -0.39 is 0 Å².